The molecule has 0 unspecified atom stereocenters. The summed E-state index contributed by atoms with van der Waals surface area (Å²) in [6.07, 6.45) is 3.70. The highest BCUT2D eigenvalue weighted by Crippen LogP contribution is 2.18. The predicted octanol–water partition coefficient (Wildman–Crippen LogP) is 2.00. The SMILES string of the molecule is N[C@H]1CCCCN(c2ccccc2)C1. The van der Waals surface area contributed by atoms with Crippen molar-refractivity contribution in [2.75, 3.05) is 18.0 Å². The highest BCUT2D eigenvalue weighted by Gasteiger charge is 2.14. The van der Waals surface area contributed by atoms with Crippen LogP contribution in [0.25, 0.3) is 0 Å². The summed E-state index contributed by atoms with van der Waals surface area (Å²) >= 11 is 0. The van der Waals surface area contributed by atoms with Crippen LogP contribution in [0, 0.1) is 0 Å². The highest BCUT2D eigenvalue weighted by molar-refractivity contribution is 5.46. The molecule has 0 saturated carbocycles. The Morgan fingerprint density at radius 1 is 1.14 bits per heavy atom. The minimum absolute atomic E-state index is 0.345. The zero-order chi connectivity index (χ0) is 9.80. The van der Waals surface area contributed by atoms with Crippen molar-refractivity contribution in [1.82, 2.24) is 0 Å². The molecule has 1 atom stereocenters. The maximum Gasteiger partial charge on any atom is 0.0366 e. The molecule has 0 radical (unpaired) electrons. The van der Waals surface area contributed by atoms with Crippen molar-refractivity contribution in [2.45, 2.75) is 25.3 Å². The second-order valence-corrected chi connectivity index (χ2v) is 4.04. The molecule has 14 heavy (non-hydrogen) atoms. The summed E-state index contributed by atoms with van der Waals surface area (Å²) in [5.41, 5.74) is 7.33. The van der Waals surface area contributed by atoms with E-state index in [4.69, 9.17) is 5.73 Å². The predicted molar refractivity (Wildman–Crippen MR) is 60.5 cm³/mol. The largest absolute Gasteiger partial charge is 0.370 e. The Labute approximate surface area is 85.7 Å². The summed E-state index contributed by atoms with van der Waals surface area (Å²) in [4.78, 5) is 2.40. The number of nitrogens with two attached hydrogens (primary N) is 1. The van der Waals surface area contributed by atoms with Gasteiger partial charge in [0, 0.05) is 24.8 Å². The van der Waals surface area contributed by atoms with Crippen molar-refractivity contribution in [2.24, 2.45) is 5.73 Å². The topological polar surface area (TPSA) is 29.3 Å². The first-order valence-electron chi connectivity index (χ1n) is 5.42. The normalized spacial score (nSPS) is 23.2. The second-order valence-electron chi connectivity index (χ2n) is 4.04. The van der Waals surface area contributed by atoms with Gasteiger partial charge in [-0.25, -0.2) is 0 Å². The Bertz CT molecular complexity index is 271. The number of rotatable bonds is 1. The van der Waals surface area contributed by atoms with Crippen LogP contribution in [0.15, 0.2) is 30.3 Å². The van der Waals surface area contributed by atoms with Gasteiger partial charge in [0.2, 0.25) is 0 Å². The fourth-order valence-corrected chi connectivity index (χ4v) is 2.05. The molecule has 1 aliphatic heterocycles. The molecular formula is C12H18N2. The fraction of sp³-hybridized carbons (Fsp3) is 0.500. The molecular weight excluding hydrogens is 172 g/mol. The van der Waals surface area contributed by atoms with Crippen LogP contribution in [0.4, 0.5) is 5.69 Å². The van der Waals surface area contributed by atoms with Gasteiger partial charge in [0.1, 0.15) is 0 Å². The zero-order valence-electron chi connectivity index (χ0n) is 8.52. The van der Waals surface area contributed by atoms with E-state index in [0.29, 0.717) is 6.04 Å². The average Bonchev–Trinajstić information content (AvgIpc) is 2.44. The van der Waals surface area contributed by atoms with Crippen molar-refractivity contribution in [3.05, 3.63) is 30.3 Å². The van der Waals surface area contributed by atoms with Gasteiger partial charge in [0.25, 0.3) is 0 Å². The lowest BCUT2D eigenvalue weighted by molar-refractivity contribution is 0.621. The lowest BCUT2D eigenvalue weighted by atomic mass is 10.1. The molecule has 2 rings (SSSR count). The number of hydrogen-bond donors (Lipinski definition) is 1. The van der Waals surface area contributed by atoms with Gasteiger partial charge in [0.15, 0.2) is 0 Å². The molecule has 2 heteroatoms. The van der Waals surface area contributed by atoms with E-state index < -0.39 is 0 Å². The first-order chi connectivity index (χ1) is 6.86. The Hall–Kier alpha value is -1.02. The van der Waals surface area contributed by atoms with Crippen LogP contribution < -0.4 is 10.6 Å². The zero-order valence-corrected chi connectivity index (χ0v) is 8.52. The maximum atomic E-state index is 6.02. The molecule has 1 aliphatic rings. The Balaban J connectivity index is 2.09. The van der Waals surface area contributed by atoms with E-state index in [2.05, 4.69) is 35.2 Å². The van der Waals surface area contributed by atoms with Crippen LogP contribution in [0.1, 0.15) is 19.3 Å². The Morgan fingerprint density at radius 3 is 2.71 bits per heavy atom. The minimum atomic E-state index is 0.345. The van der Waals surface area contributed by atoms with Crippen molar-refractivity contribution >= 4 is 5.69 Å². The van der Waals surface area contributed by atoms with Crippen molar-refractivity contribution in [3.8, 4) is 0 Å². The summed E-state index contributed by atoms with van der Waals surface area (Å²) in [6, 6.07) is 10.9. The van der Waals surface area contributed by atoms with Gasteiger partial charge in [-0.1, -0.05) is 24.6 Å². The van der Waals surface area contributed by atoms with E-state index in [-0.39, 0.29) is 0 Å². The molecule has 0 amide bonds. The fourth-order valence-electron chi connectivity index (χ4n) is 2.05. The molecule has 1 heterocycles. The second kappa shape index (κ2) is 4.47. The van der Waals surface area contributed by atoms with Crippen molar-refractivity contribution in [1.29, 1.82) is 0 Å². The van der Waals surface area contributed by atoms with Crippen LogP contribution in [0.5, 0.6) is 0 Å². The molecule has 0 spiro atoms. The average molecular weight is 190 g/mol. The van der Waals surface area contributed by atoms with Gasteiger partial charge in [-0.15, -0.1) is 0 Å². The summed E-state index contributed by atoms with van der Waals surface area (Å²) in [5.74, 6) is 0. The quantitative estimate of drug-likeness (QED) is 0.734. The first-order valence-corrected chi connectivity index (χ1v) is 5.42. The van der Waals surface area contributed by atoms with Crippen LogP contribution in [0.2, 0.25) is 0 Å². The van der Waals surface area contributed by atoms with Gasteiger partial charge in [-0.05, 0) is 25.0 Å². The monoisotopic (exact) mass is 190 g/mol. The maximum absolute atomic E-state index is 6.02. The summed E-state index contributed by atoms with van der Waals surface area (Å²) in [6.45, 7) is 2.15. The van der Waals surface area contributed by atoms with Gasteiger partial charge in [-0.3, -0.25) is 0 Å². The molecule has 1 saturated heterocycles. The molecule has 0 bridgehead atoms. The molecule has 0 aliphatic carbocycles. The number of anilines is 1. The number of nitrogens with zero attached hydrogens (tertiary/aromatic N) is 1. The standard InChI is InChI=1S/C12H18N2/c13-11-6-4-5-9-14(10-11)12-7-2-1-3-8-12/h1-3,7-8,11H,4-6,9-10,13H2/t11-/m0/s1. The Morgan fingerprint density at radius 2 is 1.93 bits per heavy atom. The van der Waals surface area contributed by atoms with Crippen molar-refractivity contribution in [3.63, 3.8) is 0 Å². The number of hydrogen-bond acceptors (Lipinski definition) is 2. The van der Waals surface area contributed by atoms with Gasteiger partial charge in [0.05, 0.1) is 0 Å². The Kier molecular flexibility index (Phi) is 3.04. The van der Waals surface area contributed by atoms with Crippen LogP contribution in [-0.4, -0.2) is 19.1 Å². The molecule has 2 nitrogen and oxygen atoms in total. The van der Waals surface area contributed by atoms with E-state index in [1.165, 1.54) is 24.9 Å². The summed E-state index contributed by atoms with van der Waals surface area (Å²) in [5, 5.41) is 0. The smallest absolute Gasteiger partial charge is 0.0366 e. The van der Waals surface area contributed by atoms with Crippen LogP contribution in [-0.2, 0) is 0 Å². The highest BCUT2D eigenvalue weighted by atomic mass is 15.1. The third-order valence-corrected chi connectivity index (χ3v) is 2.83. The van der Waals surface area contributed by atoms with Gasteiger partial charge < -0.3 is 10.6 Å². The minimum Gasteiger partial charge on any atom is -0.370 e. The lowest BCUT2D eigenvalue weighted by Gasteiger charge is -2.24. The van der Waals surface area contributed by atoms with E-state index in [0.717, 1.165) is 13.1 Å². The molecule has 1 fully saturated rings. The van der Waals surface area contributed by atoms with E-state index in [1.807, 2.05) is 0 Å². The van der Waals surface area contributed by atoms with Gasteiger partial charge in [-0.2, -0.15) is 0 Å². The van der Waals surface area contributed by atoms with Crippen LogP contribution >= 0.6 is 0 Å². The number of para-hydroxylation sites is 1. The molecule has 0 aromatic heterocycles. The summed E-state index contributed by atoms with van der Waals surface area (Å²) in [7, 11) is 0. The molecule has 1 aromatic carbocycles. The lowest BCUT2D eigenvalue weighted by Crippen LogP contribution is -2.35. The van der Waals surface area contributed by atoms with Gasteiger partial charge >= 0.3 is 0 Å². The molecule has 2 N–H and O–H groups in total. The number of benzene rings is 1. The molecule has 76 valence electrons. The van der Waals surface area contributed by atoms with E-state index in [1.54, 1.807) is 0 Å². The molecule has 1 aromatic rings. The third kappa shape index (κ3) is 2.26. The third-order valence-electron chi connectivity index (χ3n) is 2.83. The van der Waals surface area contributed by atoms with E-state index >= 15 is 0 Å². The van der Waals surface area contributed by atoms with Crippen LogP contribution in [0.3, 0.4) is 0 Å². The first kappa shape index (κ1) is 9.53. The summed E-state index contributed by atoms with van der Waals surface area (Å²) < 4.78 is 0. The van der Waals surface area contributed by atoms with Crippen molar-refractivity contribution < 1.29 is 0 Å². The van der Waals surface area contributed by atoms with E-state index in [9.17, 15) is 0 Å².